The summed E-state index contributed by atoms with van der Waals surface area (Å²) in [4.78, 5) is 10.7. The van der Waals surface area contributed by atoms with Crippen LogP contribution in [0.4, 0.5) is 0 Å². The summed E-state index contributed by atoms with van der Waals surface area (Å²) in [6.07, 6.45) is 2.90. The molecule has 0 aliphatic heterocycles. The van der Waals surface area contributed by atoms with Crippen molar-refractivity contribution in [1.82, 2.24) is 0 Å². The lowest BCUT2D eigenvalue weighted by molar-refractivity contribution is -0.143. The Balaban J connectivity index is 1.94. The van der Waals surface area contributed by atoms with Crippen LogP contribution >= 0.6 is 12.6 Å². The van der Waals surface area contributed by atoms with E-state index in [-0.39, 0.29) is 5.97 Å². The summed E-state index contributed by atoms with van der Waals surface area (Å²) in [5.74, 6) is 1.15. The average molecular weight is 160 g/mol. The van der Waals surface area contributed by atoms with Crippen LogP contribution in [0.5, 0.6) is 0 Å². The van der Waals surface area contributed by atoms with Crippen molar-refractivity contribution in [3.8, 4) is 0 Å². The number of ether oxygens (including phenoxy) is 1. The van der Waals surface area contributed by atoms with Crippen LogP contribution in [0.1, 0.15) is 19.3 Å². The molecule has 0 aromatic carbocycles. The Morgan fingerprint density at radius 2 is 2.30 bits per heavy atom. The Morgan fingerprint density at radius 1 is 1.60 bits per heavy atom. The van der Waals surface area contributed by atoms with E-state index in [0.717, 1.165) is 0 Å². The molecule has 0 aromatic rings. The minimum absolute atomic E-state index is 0.109. The quantitative estimate of drug-likeness (QED) is 0.495. The highest BCUT2D eigenvalue weighted by Crippen LogP contribution is 2.28. The fraction of sp³-hybridized carbons (Fsp3) is 0.857. The first-order valence-corrected chi connectivity index (χ1v) is 4.22. The van der Waals surface area contributed by atoms with E-state index in [2.05, 4.69) is 12.6 Å². The largest absolute Gasteiger partial charge is 0.465 e. The van der Waals surface area contributed by atoms with E-state index in [0.29, 0.717) is 24.7 Å². The molecule has 0 spiro atoms. The van der Waals surface area contributed by atoms with Gasteiger partial charge in [-0.2, -0.15) is 12.6 Å². The second kappa shape index (κ2) is 3.86. The van der Waals surface area contributed by atoms with Gasteiger partial charge in [-0.1, -0.05) is 0 Å². The van der Waals surface area contributed by atoms with E-state index in [1.807, 2.05) is 0 Å². The van der Waals surface area contributed by atoms with Crippen LogP contribution < -0.4 is 0 Å². The van der Waals surface area contributed by atoms with Gasteiger partial charge in [0.25, 0.3) is 0 Å². The Bertz CT molecular complexity index is 121. The minimum atomic E-state index is -0.109. The van der Waals surface area contributed by atoms with Crippen molar-refractivity contribution < 1.29 is 9.53 Å². The molecule has 1 rings (SSSR count). The molecule has 1 aliphatic rings. The summed E-state index contributed by atoms with van der Waals surface area (Å²) >= 11 is 3.92. The molecule has 10 heavy (non-hydrogen) atoms. The van der Waals surface area contributed by atoms with Gasteiger partial charge >= 0.3 is 5.97 Å². The van der Waals surface area contributed by atoms with Gasteiger partial charge in [-0.15, -0.1) is 0 Å². The fourth-order valence-corrected chi connectivity index (χ4v) is 0.841. The fourth-order valence-electron chi connectivity index (χ4n) is 0.659. The molecule has 0 bridgehead atoms. The van der Waals surface area contributed by atoms with Crippen molar-refractivity contribution in [1.29, 1.82) is 0 Å². The Hall–Kier alpha value is -0.180. The van der Waals surface area contributed by atoms with Crippen LogP contribution in [-0.4, -0.2) is 18.3 Å². The van der Waals surface area contributed by atoms with Gasteiger partial charge in [0.15, 0.2) is 0 Å². The van der Waals surface area contributed by atoms with Crippen LogP contribution in [0.25, 0.3) is 0 Å². The van der Waals surface area contributed by atoms with E-state index >= 15 is 0 Å². The maximum Gasteiger partial charge on any atom is 0.306 e. The van der Waals surface area contributed by atoms with E-state index in [1.165, 1.54) is 12.8 Å². The third-order valence-corrected chi connectivity index (χ3v) is 1.72. The summed E-state index contributed by atoms with van der Waals surface area (Å²) < 4.78 is 4.92. The number of esters is 1. The Kier molecular flexibility index (Phi) is 3.06. The lowest BCUT2D eigenvalue weighted by atomic mass is 10.4. The molecule has 0 radical (unpaired) electrons. The van der Waals surface area contributed by atoms with Crippen LogP contribution in [0.15, 0.2) is 0 Å². The zero-order valence-electron chi connectivity index (χ0n) is 5.88. The van der Waals surface area contributed by atoms with Crippen LogP contribution in [0.3, 0.4) is 0 Å². The predicted octanol–water partition coefficient (Wildman–Crippen LogP) is 1.26. The monoisotopic (exact) mass is 160 g/mol. The first-order chi connectivity index (χ1) is 4.83. The molecule has 0 aromatic heterocycles. The molecule has 2 nitrogen and oxygen atoms in total. The standard InChI is InChI=1S/C7H12O2S/c8-7(3-4-10)9-5-6-1-2-6/h6,10H,1-5H2. The molecule has 0 atom stereocenters. The van der Waals surface area contributed by atoms with Crippen molar-refractivity contribution in [2.75, 3.05) is 12.4 Å². The molecule has 0 amide bonds. The summed E-state index contributed by atoms with van der Waals surface area (Å²) in [5, 5.41) is 0. The van der Waals surface area contributed by atoms with Crippen molar-refractivity contribution in [2.24, 2.45) is 5.92 Å². The van der Waals surface area contributed by atoms with E-state index in [9.17, 15) is 4.79 Å². The molecule has 1 aliphatic carbocycles. The normalized spacial score (nSPS) is 16.9. The highest BCUT2D eigenvalue weighted by atomic mass is 32.1. The van der Waals surface area contributed by atoms with Gasteiger partial charge in [0.1, 0.15) is 0 Å². The molecular weight excluding hydrogens is 148 g/mol. The first kappa shape index (κ1) is 7.92. The lowest BCUT2D eigenvalue weighted by Crippen LogP contribution is -2.06. The molecule has 0 heterocycles. The lowest BCUT2D eigenvalue weighted by Gasteiger charge is -2.00. The van der Waals surface area contributed by atoms with Gasteiger partial charge in [-0.25, -0.2) is 0 Å². The smallest absolute Gasteiger partial charge is 0.306 e. The Labute approximate surface area is 66.4 Å². The zero-order valence-corrected chi connectivity index (χ0v) is 6.77. The highest BCUT2D eigenvalue weighted by molar-refractivity contribution is 7.80. The molecule has 58 valence electrons. The van der Waals surface area contributed by atoms with Crippen molar-refractivity contribution >= 4 is 18.6 Å². The predicted molar refractivity (Wildman–Crippen MR) is 42.2 cm³/mol. The summed E-state index contributed by atoms with van der Waals surface area (Å²) in [6, 6.07) is 0. The topological polar surface area (TPSA) is 26.3 Å². The van der Waals surface area contributed by atoms with Gasteiger partial charge in [0.2, 0.25) is 0 Å². The third kappa shape index (κ3) is 3.11. The number of hydrogen-bond donors (Lipinski definition) is 1. The van der Waals surface area contributed by atoms with Crippen molar-refractivity contribution in [3.63, 3.8) is 0 Å². The third-order valence-electron chi connectivity index (χ3n) is 1.49. The second-order valence-corrected chi connectivity index (χ2v) is 3.05. The van der Waals surface area contributed by atoms with Crippen molar-refractivity contribution in [3.05, 3.63) is 0 Å². The van der Waals surface area contributed by atoms with E-state index < -0.39 is 0 Å². The maximum atomic E-state index is 10.7. The SMILES string of the molecule is O=C(CCS)OCC1CC1. The summed E-state index contributed by atoms with van der Waals surface area (Å²) in [5.41, 5.74) is 0. The van der Waals surface area contributed by atoms with Crippen LogP contribution in [0.2, 0.25) is 0 Å². The van der Waals surface area contributed by atoms with Gasteiger partial charge < -0.3 is 4.74 Å². The molecule has 0 N–H and O–H groups in total. The highest BCUT2D eigenvalue weighted by Gasteiger charge is 2.22. The number of carbonyl (C=O) groups excluding carboxylic acids is 1. The molecule has 1 fully saturated rings. The van der Waals surface area contributed by atoms with Gasteiger partial charge in [0.05, 0.1) is 13.0 Å². The van der Waals surface area contributed by atoms with Crippen molar-refractivity contribution in [2.45, 2.75) is 19.3 Å². The van der Waals surface area contributed by atoms with Crippen LogP contribution in [-0.2, 0) is 9.53 Å². The average Bonchev–Trinajstić information content (AvgIpc) is 2.67. The van der Waals surface area contributed by atoms with Gasteiger partial charge in [0, 0.05) is 5.75 Å². The maximum absolute atomic E-state index is 10.7. The van der Waals surface area contributed by atoms with Gasteiger partial charge in [-0.3, -0.25) is 4.79 Å². The molecular formula is C7H12O2S. The zero-order chi connectivity index (χ0) is 7.40. The van der Waals surface area contributed by atoms with Crippen LogP contribution in [0, 0.1) is 5.92 Å². The van der Waals surface area contributed by atoms with Gasteiger partial charge in [-0.05, 0) is 18.8 Å². The second-order valence-electron chi connectivity index (χ2n) is 2.60. The summed E-state index contributed by atoms with van der Waals surface area (Å²) in [7, 11) is 0. The first-order valence-electron chi connectivity index (χ1n) is 3.59. The summed E-state index contributed by atoms with van der Waals surface area (Å²) in [6.45, 7) is 0.632. The molecule has 0 unspecified atom stereocenters. The Morgan fingerprint density at radius 3 is 2.80 bits per heavy atom. The number of thiol groups is 1. The molecule has 0 saturated heterocycles. The number of rotatable bonds is 4. The molecule has 1 saturated carbocycles. The van der Waals surface area contributed by atoms with E-state index in [4.69, 9.17) is 4.74 Å². The number of hydrogen-bond acceptors (Lipinski definition) is 3. The molecule has 3 heteroatoms. The number of carbonyl (C=O) groups is 1. The van der Waals surface area contributed by atoms with E-state index in [1.54, 1.807) is 0 Å². The minimum Gasteiger partial charge on any atom is -0.465 e.